The Balaban J connectivity index is 2.22. The van der Waals surface area contributed by atoms with Crippen molar-refractivity contribution in [2.45, 2.75) is 143 Å². The Morgan fingerprint density at radius 2 is 1.15 bits per heavy atom. The molecule has 0 fully saturated rings. The van der Waals surface area contributed by atoms with E-state index in [9.17, 15) is 0 Å². The topological polar surface area (TPSA) is 8.81 Å². The molecule has 1 heterocycles. The molecule has 1 rings (SSSR count). The summed E-state index contributed by atoms with van der Waals surface area (Å²) in [5, 5.41) is 0. The van der Waals surface area contributed by atoms with Crippen LogP contribution in [0.5, 0.6) is 0 Å². The van der Waals surface area contributed by atoms with Gasteiger partial charge in [-0.3, -0.25) is 0 Å². The van der Waals surface area contributed by atoms with E-state index in [-0.39, 0.29) is 0 Å². The van der Waals surface area contributed by atoms with Crippen LogP contribution in [0.2, 0.25) is 0 Å². The molecule has 2 nitrogen and oxygen atoms in total. The van der Waals surface area contributed by atoms with Gasteiger partial charge in [0.05, 0.1) is 13.1 Å². The van der Waals surface area contributed by atoms with Crippen LogP contribution in [0.15, 0.2) is 12.4 Å². The summed E-state index contributed by atoms with van der Waals surface area (Å²) in [4.78, 5) is 0. The van der Waals surface area contributed by atoms with Gasteiger partial charge in [0.2, 0.25) is 0 Å². The number of aromatic nitrogens is 2. The summed E-state index contributed by atoms with van der Waals surface area (Å²) < 4.78 is 5.07. The van der Waals surface area contributed by atoms with E-state index in [4.69, 9.17) is 0 Å². The second-order valence-corrected chi connectivity index (χ2v) is 8.45. The molecule has 0 aliphatic rings. The van der Waals surface area contributed by atoms with E-state index in [1.54, 1.807) is 5.82 Å². The first-order chi connectivity index (χ1) is 13.3. The normalized spacial score (nSPS) is 11.4. The van der Waals surface area contributed by atoms with Crippen LogP contribution < -0.4 is 4.57 Å². The van der Waals surface area contributed by atoms with E-state index in [2.05, 4.69) is 42.3 Å². The van der Waals surface area contributed by atoms with E-state index in [0.717, 1.165) is 0 Å². The molecule has 0 unspecified atom stereocenters. The summed E-state index contributed by atoms with van der Waals surface area (Å²) in [6.07, 6.45) is 28.2. The first-order valence-corrected chi connectivity index (χ1v) is 12.4. The highest BCUT2D eigenvalue weighted by Gasteiger charge is 2.15. The summed E-state index contributed by atoms with van der Waals surface area (Å²) in [6.45, 7) is 9.28. The molecule has 0 aliphatic carbocycles. The van der Waals surface area contributed by atoms with E-state index in [0.29, 0.717) is 0 Å². The number of hydrogen-bond donors (Lipinski definition) is 0. The molecule has 27 heavy (non-hydrogen) atoms. The molecule has 0 saturated carbocycles. The second kappa shape index (κ2) is 17.3. The molecule has 0 N–H and O–H groups in total. The van der Waals surface area contributed by atoms with Crippen LogP contribution in [-0.2, 0) is 19.5 Å². The molecule has 1 aromatic rings. The van der Waals surface area contributed by atoms with Crippen molar-refractivity contribution in [1.82, 2.24) is 4.57 Å². The first-order valence-electron chi connectivity index (χ1n) is 12.4. The van der Waals surface area contributed by atoms with E-state index in [1.807, 2.05) is 0 Å². The summed E-state index contributed by atoms with van der Waals surface area (Å²) in [5.74, 6) is 1.57. The van der Waals surface area contributed by atoms with E-state index >= 15 is 0 Å². The maximum atomic E-state index is 2.56. The first kappa shape index (κ1) is 24.2. The summed E-state index contributed by atoms with van der Waals surface area (Å²) in [5.41, 5.74) is 0. The van der Waals surface area contributed by atoms with Gasteiger partial charge in [0.25, 0.3) is 5.82 Å². The molecule has 0 radical (unpaired) electrons. The van der Waals surface area contributed by atoms with Crippen LogP contribution in [0.1, 0.15) is 129 Å². The number of unbranched alkanes of at least 4 members (excludes halogenated alkanes) is 13. The monoisotopic (exact) mass is 377 g/mol. The van der Waals surface area contributed by atoms with E-state index in [1.165, 1.54) is 122 Å². The average molecular weight is 378 g/mol. The van der Waals surface area contributed by atoms with Gasteiger partial charge >= 0.3 is 0 Å². The van der Waals surface area contributed by atoms with Crippen molar-refractivity contribution < 1.29 is 4.57 Å². The van der Waals surface area contributed by atoms with Gasteiger partial charge in [-0.25, -0.2) is 9.13 Å². The van der Waals surface area contributed by atoms with Gasteiger partial charge in [0, 0.05) is 6.42 Å². The quantitative estimate of drug-likeness (QED) is 0.173. The molecule has 0 atom stereocenters. The maximum absolute atomic E-state index is 2.56. The Labute approximate surface area is 170 Å². The minimum atomic E-state index is 1.18. The third-order valence-corrected chi connectivity index (χ3v) is 5.81. The molecule has 1 aromatic heterocycles. The molecule has 0 aliphatic heterocycles. The lowest BCUT2D eigenvalue weighted by atomic mass is 10.1. The fraction of sp³-hybridized carbons (Fsp3) is 0.880. The Morgan fingerprint density at radius 3 is 1.70 bits per heavy atom. The van der Waals surface area contributed by atoms with Gasteiger partial charge in [-0.15, -0.1) is 0 Å². The molecule has 0 aromatic carbocycles. The standard InChI is InChI=1S/C25H49N2/c1-4-7-9-11-12-13-14-15-17-19-22-27-24-23-26(21-6-3)25(27)20-18-16-10-8-5-2/h23-24H,4-22H2,1-3H3/q+1. The van der Waals surface area contributed by atoms with Crippen molar-refractivity contribution in [2.75, 3.05) is 0 Å². The largest absolute Gasteiger partial charge is 0.256 e. The number of aryl methyl sites for hydroxylation is 2. The number of hydrogen-bond acceptors (Lipinski definition) is 0. The van der Waals surface area contributed by atoms with Gasteiger partial charge in [-0.05, 0) is 25.7 Å². The van der Waals surface area contributed by atoms with Crippen LogP contribution in [0, 0.1) is 0 Å². The molecule has 0 spiro atoms. The highest BCUT2D eigenvalue weighted by atomic mass is 15.1. The van der Waals surface area contributed by atoms with Crippen LogP contribution in [-0.4, -0.2) is 4.57 Å². The van der Waals surface area contributed by atoms with Crippen molar-refractivity contribution in [2.24, 2.45) is 0 Å². The number of rotatable bonds is 19. The predicted molar refractivity (Wildman–Crippen MR) is 119 cm³/mol. The van der Waals surface area contributed by atoms with Gasteiger partial charge in [-0.2, -0.15) is 0 Å². The molecule has 158 valence electrons. The van der Waals surface area contributed by atoms with Crippen molar-refractivity contribution >= 4 is 0 Å². The van der Waals surface area contributed by atoms with E-state index < -0.39 is 0 Å². The smallest absolute Gasteiger partial charge is 0.234 e. The lowest BCUT2D eigenvalue weighted by Gasteiger charge is -2.06. The van der Waals surface area contributed by atoms with Crippen molar-refractivity contribution in [3.8, 4) is 0 Å². The Morgan fingerprint density at radius 1 is 0.630 bits per heavy atom. The predicted octanol–water partition coefficient (Wildman–Crippen LogP) is 7.62. The average Bonchev–Trinajstić information content (AvgIpc) is 3.05. The van der Waals surface area contributed by atoms with Crippen molar-refractivity contribution in [1.29, 1.82) is 0 Å². The van der Waals surface area contributed by atoms with Crippen molar-refractivity contribution in [3.63, 3.8) is 0 Å². The van der Waals surface area contributed by atoms with Gasteiger partial charge < -0.3 is 0 Å². The third-order valence-electron chi connectivity index (χ3n) is 5.81. The molecule has 0 saturated heterocycles. The Kier molecular flexibility index (Phi) is 15.6. The van der Waals surface area contributed by atoms with Gasteiger partial charge in [-0.1, -0.05) is 97.8 Å². The minimum Gasteiger partial charge on any atom is -0.234 e. The van der Waals surface area contributed by atoms with Crippen LogP contribution in [0.4, 0.5) is 0 Å². The zero-order valence-electron chi connectivity index (χ0n) is 19.0. The van der Waals surface area contributed by atoms with Crippen LogP contribution >= 0.6 is 0 Å². The van der Waals surface area contributed by atoms with Gasteiger partial charge in [0.1, 0.15) is 12.4 Å². The fourth-order valence-corrected chi connectivity index (χ4v) is 4.09. The summed E-state index contributed by atoms with van der Waals surface area (Å²) in [7, 11) is 0. The lowest BCUT2D eigenvalue weighted by Crippen LogP contribution is -2.37. The molecule has 0 bridgehead atoms. The third kappa shape index (κ3) is 11.6. The highest BCUT2D eigenvalue weighted by Crippen LogP contribution is 2.12. The highest BCUT2D eigenvalue weighted by molar-refractivity contribution is 4.84. The second-order valence-electron chi connectivity index (χ2n) is 8.45. The fourth-order valence-electron chi connectivity index (χ4n) is 4.09. The van der Waals surface area contributed by atoms with Crippen LogP contribution in [0.3, 0.4) is 0 Å². The number of nitrogens with zero attached hydrogens (tertiary/aromatic N) is 2. The zero-order valence-corrected chi connectivity index (χ0v) is 19.0. The van der Waals surface area contributed by atoms with Crippen LogP contribution in [0.25, 0.3) is 0 Å². The molecular weight excluding hydrogens is 328 g/mol. The van der Waals surface area contributed by atoms with Crippen molar-refractivity contribution in [3.05, 3.63) is 18.2 Å². The molecular formula is C25H49N2+. The van der Waals surface area contributed by atoms with Gasteiger partial charge in [0.15, 0.2) is 0 Å². The molecule has 2 heteroatoms. The minimum absolute atomic E-state index is 1.18. The number of imidazole rings is 1. The zero-order chi connectivity index (χ0) is 19.6. The SMILES string of the molecule is CCCCCCCCCCCCn1cc[n+](CCC)c1CCCCCCC. The Hall–Kier alpha value is -0.790. The summed E-state index contributed by atoms with van der Waals surface area (Å²) >= 11 is 0. The molecule has 0 amide bonds. The summed E-state index contributed by atoms with van der Waals surface area (Å²) in [6, 6.07) is 0. The maximum Gasteiger partial charge on any atom is 0.256 e. The lowest BCUT2D eigenvalue weighted by molar-refractivity contribution is -0.703. The Bertz CT molecular complexity index is 436.